The van der Waals surface area contributed by atoms with Crippen LogP contribution >= 0.6 is 11.8 Å². The minimum Gasteiger partial charge on any atom is -0.363 e. The number of hydrogen-bond acceptors (Lipinski definition) is 5. The predicted octanol–water partition coefficient (Wildman–Crippen LogP) is 4.25. The van der Waals surface area contributed by atoms with Crippen LogP contribution in [0.4, 0.5) is 5.82 Å². The average Bonchev–Trinajstić information content (AvgIpc) is 3.20. The van der Waals surface area contributed by atoms with Crippen LogP contribution in [0.2, 0.25) is 0 Å². The van der Waals surface area contributed by atoms with E-state index < -0.39 is 0 Å². The highest BCUT2D eigenvalue weighted by Crippen LogP contribution is 2.23. The van der Waals surface area contributed by atoms with Gasteiger partial charge in [-0.15, -0.1) is 0 Å². The monoisotopic (exact) mass is 417 g/mol. The standard InChI is InChI=1S/C23H23N5OS/c1-28(2)21-12-9-17(13-24-21)14-25-22(29)18-10-7-16(8-11-18)15-30-23-26-19-5-3-4-6-20(19)27-23/h3-13H,14-15H2,1-2H3,(H,25,29)(H,26,27). The first-order valence-electron chi connectivity index (χ1n) is 9.65. The van der Waals surface area contributed by atoms with Gasteiger partial charge in [-0.25, -0.2) is 9.97 Å². The quantitative estimate of drug-likeness (QED) is 0.440. The van der Waals surface area contributed by atoms with Crippen molar-refractivity contribution in [1.82, 2.24) is 20.3 Å². The molecule has 2 aromatic heterocycles. The van der Waals surface area contributed by atoms with E-state index >= 15 is 0 Å². The lowest BCUT2D eigenvalue weighted by molar-refractivity contribution is 0.0951. The van der Waals surface area contributed by atoms with Crippen molar-refractivity contribution < 1.29 is 4.79 Å². The van der Waals surface area contributed by atoms with Crippen molar-refractivity contribution in [3.05, 3.63) is 83.6 Å². The molecule has 6 nitrogen and oxygen atoms in total. The molecule has 0 saturated heterocycles. The van der Waals surface area contributed by atoms with Crippen molar-refractivity contribution in [3.8, 4) is 0 Å². The summed E-state index contributed by atoms with van der Waals surface area (Å²) in [7, 11) is 3.89. The number of carbonyl (C=O) groups excluding carboxylic acids is 1. The Kier molecular flexibility index (Phi) is 5.99. The third kappa shape index (κ3) is 4.80. The maximum absolute atomic E-state index is 12.4. The minimum absolute atomic E-state index is 0.0943. The molecule has 0 aliphatic carbocycles. The highest BCUT2D eigenvalue weighted by Gasteiger charge is 2.07. The molecule has 4 rings (SSSR count). The molecule has 2 N–H and O–H groups in total. The number of nitrogens with one attached hydrogen (secondary N) is 2. The van der Waals surface area contributed by atoms with Crippen LogP contribution in [-0.4, -0.2) is 35.0 Å². The van der Waals surface area contributed by atoms with E-state index in [4.69, 9.17) is 0 Å². The lowest BCUT2D eigenvalue weighted by Gasteiger charge is -2.11. The third-order valence-electron chi connectivity index (χ3n) is 4.68. The number of thioether (sulfide) groups is 1. The fraction of sp³-hybridized carbons (Fsp3) is 0.174. The molecule has 0 aliphatic rings. The van der Waals surface area contributed by atoms with E-state index in [0.717, 1.165) is 38.9 Å². The van der Waals surface area contributed by atoms with Crippen LogP contribution < -0.4 is 10.2 Å². The van der Waals surface area contributed by atoms with Crippen LogP contribution in [-0.2, 0) is 12.3 Å². The van der Waals surface area contributed by atoms with Gasteiger partial charge in [-0.2, -0.15) is 0 Å². The first-order chi connectivity index (χ1) is 14.6. The molecule has 0 aliphatic heterocycles. The van der Waals surface area contributed by atoms with Gasteiger partial charge in [0, 0.05) is 38.2 Å². The molecule has 1 amide bonds. The van der Waals surface area contributed by atoms with E-state index in [1.54, 1.807) is 18.0 Å². The Hall–Kier alpha value is -3.32. The van der Waals surface area contributed by atoms with Gasteiger partial charge in [0.05, 0.1) is 11.0 Å². The summed E-state index contributed by atoms with van der Waals surface area (Å²) in [5.41, 5.74) is 4.76. The number of para-hydroxylation sites is 2. The molecule has 30 heavy (non-hydrogen) atoms. The number of amides is 1. The first kappa shape index (κ1) is 20.0. The predicted molar refractivity (Wildman–Crippen MR) is 122 cm³/mol. The van der Waals surface area contributed by atoms with Gasteiger partial charge in [-0.1, -0.05) is 42.1 Å². The van der Waals surface area contributed by atoms with Gasteiger partial charge in [0.2, 0.25) is 0 Å². The van der Waals surface area contributed by atoms with Crippen LogP contribution in [0.3, 0.4) is 0 Å². The second-order valence-corrected chi connectivity index (χ2v) is 8.11. The van der Waals surface area contributed by atoms with Gasteiger partial charge >= 0.3 is 0 Å². The molecule has 7 heteroatoms. The number of aromatic nitrogens is 3. The van der Waals surface area contributed by atoms with Crippen LogP contribution in [0.1, 0.15) is 21.5 Å². The number of pyridine rings is 1. The molecule has 4 aromatic rings. The van der Waals surface area contributed by atoms with Crippen molar-refractivity contribution in [2.45, 2.75) is 17.5 Å². The molecule has 2 aromatic carbocycles. The van der Waals surface area contributed by atoms with Gasteiger partial charge in [0.15, 0.2) is 5.16 Å². The summed E-state index contributed by atoms with van der Waals surface area (Å²) < 4.78 is 0. The molecule has 0 atom stereocenters. The molecule has 0 radical (unpaired) electrons. The van der Waals surface area contributed by atoms with Gasteiger partial charge in [-0.3, -0.25) is 4.79 Å². The Morgan fingerprint density at radius 2 is 1.80 bits per heavy atom. The summed E-state index contributed by atoms with van der Waals surface area (Å²) >= 11 is 1.65. The zero-order valence-electron chi connectivity index (χ0n) is 16.9. The molecular weight excluding hydrogens is 394 g/mol. The number of fused-ring (bicyclic) bond motifs is 1. The third-order valence-corrected chi connectivity index (χ3v) is 5.62. The van der Waals surface area contributed by atoms with Crippen LogP contribution in [0.25, 0.3) is 11.0 Å². The molecule has 152 valence electrons. The van der Waals surface area contributed by atoms with Crippen molar-refractivity contribution >= 4 is 34.5 Å². The van der Waals surface area contributed by atoms with Gasteiger partial charge in [0.1, 0.15) is 5.82 Å². The van der Waals surface area contributed by atoms with Gasteiger partial charge in [-0.05, 0) is 41.5 Å². The minimum atomic E-state index is -0.0943. The van der Waals surface area contributed by atoms with Crippen LogP contribution in [0, 0.1) is 0 Å². The Morgan fingerprint density at radius 1 is 1.03 bits per heavy atom. The highest BCUT2D eigenvalue weighted by molar-refractivity contribution is 7.98. The summed E-state index contributed by atoms with van der Waals surface area (Å²) in [5, 5.41) is 3.84. The Morgan fingerprint density at radius 3 is 2.50 bits per heavy atom. The van der Waals surface area contributed by atoms with Crippen LogP contribution in [0.15, 0.2) is 72.0 Å². The number of carbonyl (C=O) groups is 1. The SMILES string of the molecule is CN(C)c1ccc(CNC(=O)c2ccc(CSc3nc4ccccc4[nH]3)cc2)cn1. The maximum Gasteiger partial charge on any atom is 0.251 e. The van der Waals surface area contributed by atoms with Gasteiger partial charge in [0.25, 0.3) is 5.91 Å². The average molecular weight is 418 g/mol. The summed E-state index contributed by atoms with van der Waals surface area (Å²) in [6.45, 7) is 0.448. The smallest absolute Gasteiger partial charge is 0.251 e. The summed E-state index contributed by atoms with van der Waals surface area (Å²) in [6.07, 6.45) is 1.79. The number of imidazole rings is 1. The molecular formula is C23H23N5OS. The Labute approximate surface area is 179 Å². The van der Waals surface area contributed by atoms with Crippen molar-refractivity contribution in [2.24, 2.45) is 0 Å². The molecule has 0 saturated carbocycles. The van der Waals surface area contributed by atoms with E-state index in [1.165, 1.54) is 0 Å². The maximum atomic E-state index is 12.4. The molecule has 0 spiro atoms. The second-order valence-electron chi connectivity index (χ2n) is 7.15. The number of aromatic amines is 1. The number of benzene rings is 2. The first-order valence-corrected chi connectivity index (χ1v) is 10.6. The lowest BCUT2D eigenvalue weighted by Crippen LogP contribution is -2.23. The number of hydrogen-bond donors (Lipinski definition) is 2. The Bertz CT molecular complexity index is 1100. The number of nitrogens with zero attached hydrogens (tertiary/aromatic N) is 3. The zero-order valence-corrected chi connectivity index (χ0v) is 17.7. The fourth-order valence-corrected chi connectivity index (χ4v) is 3.81. The summed E-state index contributed by atoms with van der Waals surface area (Å²) in [5.74, 6) is 1.58. The topological polar surface area (TPSA) is 73.9 Å². The largest absolute Gasteiger partial charge is 0.363 e. The van der Waals surface area contributed by atoms with Gasteiger partial charge < -0.3 is 15.2 Å². The number of rotatable bonds is 7. The number of H-pyrrole nitrogens is 1. The fourth-order valence-electron chi connectivity index (χ4n) is 2.97. The van der Waals surface area contributed by atoms with E-state index in [2.05, 4.69) is 20.3 Å². The molecule has 0 unspecified atom stereocenters. The second kappa shape index (κ2) is 9.00. The highest BCUT2D eigenvalue weighted by atomic mass is 32.2. The van der Waals surface area contributed by atoms with E-state index in [-0.39, 0.29) is 5.91 Å². The van der Waals surface area contributed by atoms with E-state index in [0.29, 0.717) is 12.1 Å². The van der Waals surface area contributed by atoms with Crippen molar-refractivity contribution in [2.75, 3.05) is 19.0 Å². The van der Waals surface area contributed by atoms with E-state index in [1.807, 2.05) is 79.7 Å². The Balaban J connectivity index is 1.30. The van der Waals surface area contributed by atoms with E-state index in [9.17, 15) is 4.79 Å². The van der Waals surface area contributed by atoms with Crippen molar-refractivity contribution in [1.29, 1.82) is 0 Å². The molecule has 0 fully saturated rings. The lowest BCUT2D eigenvalue weighted by atomic mass is 10.1. The molecule has 2 heterocycles. The van der Waals surface area contributed by atoms with Crippen LogP contribution in [0.5, 0.6) is 0 Å². The zero-order chi connectivity index (χ0) is 20.9. The summed E-state index contributed by atoms with van der Waals surface area (Å²) in [4.78, 5) is 26.6. The number of anilines is 1. The summed E-state index contributed by atoms with van der Waals surface area (Å²) in [6, 6.07) is 19.6. The van der Waals surface area contributed by atoms with Crippen molar-refractivity contribution in [3.63, 3.8) is 0 Å². The normalized spacial score (nSPS) is 10.9. The molecule has 0 bridgehead atoms.